The largest absolute Gasteiger partial charge is 0.462 e. The summed E-state index contributed by atoms with van der Waals surface area (Å²) in [6, 6.07) is 0. The van der Waals surface area contributed by atoms with Crippen molar-refractivity contribution in [3.05, 3.63) is 12.2 Å². The van der Waals surface area contributed by atoms with Crippen LogP contribution in [0.1, 0.15) is 310 Å². The average molecular weight is 875 g/mol. The van der Waals surface area contributed by atoms with Crippen LogP contribution in [0.5, 0.6) is 0 Å². The van der Waals surface area contributed by atoms with Gasteiger partial charge in [-0.2, -0.15) is 0 Å². The molecule has 62 heavy (non-hydrogen) atoms. The molecule has 0 aromatic heterocycles. The van der Waals surface area contributed by atoms with E-state index in [9.17, 15) is 14.4 Å². The van der Waals surface area contributed by atoms with Gasteiger partial charge in [-0.15, -0.1) is 0 Å². The summed E-state index contributed by atoms with van der Waals surface area (Å²) in [6.07, 6.45) is 57.7. The Morgan fingerprint density at radius 3 is 0.806 bits per heavy atom. The number of hydrogen-bond acceptors (Lipinski definition) is 6. The van der Waals surface area contributed by atoms with Gasteiger partial charge in [0.25, 0.3) is 0 Å². The summed E-state index contributed by atoms with van der Waals surface area (Å²) in [6.45, 7) is 6.67. The third-order valence-electron chi connectivity index (χ3n) is 12.5. The van der Waals surface area contributed by atoms with Crippen LogP contribution in [0, 0.1) is 0 Å². The molecule has 0 fully saturated rings. The molecule has 0 saturated carbocycles. The summed E-state index contributed by atoms with van der Waals surface area (Å²) >= 11 is 0. The minimum Gasteiger partial charge on any atom is -0.462 e. The predicted molar refractivity (Wildman–Crippen MR) is 266 cm³/mol. The van der Waals surface area contributed by atoms with Gasteiger partial charge in [0.2, 0.25) is 0 Å². The van der Waals surface area contributed by atoms with Gasteiger partial charge in [-0.25, -0.2) is 0 Å². The maximum atomic E-state index is 12.8. The van der Waals surface area contributed by atoms with Gasteiger partial charge < -0.3 is 14.2 Å². The van der Waals surface area contributed by atoms with Crippen molar-refractivity contribution < 1.29 is 28.6 Å². The molecule has 0 aliphatic heterocycles. The van der Waals surface area contributed by atoms with E-state index in [1.165, 1.54) is 205 Å². The fourth-order valence-corrected chi connectivity index (χ4v) is 8.32. The lowest BCUT2D eigenvalue weighted by molar-refractivity contribution is -0.167. The molecule has 1 atom stereocenters. The van der Waals surface area contributed by atoms with E-state index < -0.39 is 6.10 Å². The fourth-order valence-electron chi connectivity index (χ4n) is 8.32. The molecule has 0 N–H and O–H groups in total. The molecule has 6 nitrogen and oxygen atoms in total. The quantitative estimate of drug-likeness (QED) is 0.0262. The molecule has 0 aliphatic rings. The highest BCUT2D eigenvalue weighted by atomic mass is 16.6. The molecule has 0 aromatic carbocycles. The standard InChI is InChI=1S/C56H106O6/c1-4-7-10-13-16-19-22-25-27-28-29-30-32-34-37-40-43-46-49-55(58)61-52-53(51-60-54(57)48-45-42-39-36-33-24-21-18-15-12-9-6-3)62-56(59)50-47-44-41-38-35-31-26-23-20-17-14-11-8-5-2/h29-30,53H,4-28,31-52H2,1-3H3/b30-29-. The number of carbonyl (C=O) groups excluding carboxylic acids is 3. The Morgan fingerprint density at radius 2 is 0.532 bits per heavy atom. The van der Waals surface area contributed by atoms with E-state index in [0.717, 1.165) is 64.2 Å². The molecule has 6 heteroatoms. The Hall–Kier alpha value is -1.85. The molecule has 0 bridgehead atoms. The maximum Gasteiger partial charge on any atom is 0.306 e. The maximum absolute atomic E-state index is 12.8. The van der Waals surface area contributed by atoms with E-state index in [1.807, 2.05) is 0 Å². The molecule has 0 rings (SSSR count). The van der Waals surface area contributed by atoms with E-state index in [2.05, 4.69) is 32.9 Å². The molecule has 0 amide bonds. The van der Waals surface area contributed by atoms with Gasteiger partial charge in [-0.05, 0) is 44.9 Å². The van der Waals surface area contributed by atoms with Crippen molar-refractivity contribution in [1.82, 2.24) is 0 Å². The number of carbonyl (C=O) groups is 3. The number of unbranched alkanes of at least 4 members (excludes halogenated alkanes) is 38. The SMILES string of the molecule is CCCCCCCCCCC/C=C\CCCCCCCC(=O)OCC(COC(=O)CCCCCCCCCCCCCC)OC(=O)CCCCCCCCCCCCCCCC. The Kier molecular flexibility index (Phi) is 50.2. The molecule has 0 spiro atoms. The Bertz CT molecular complexity index is 962. The third-order valence-corrected chi connectivity index (χ3v) is 12.5. The lowest BCUT2D eigenvalue weighted by Gasteiger charge is -2.18. The Morgan fingerprint density at radius 1 is 0.306 bits per heavy atom. The molecule has 0 aliphatic carbocycles. The highest BCUT2D eigenvalue weighted by Crippen LogP contribution is 2.16. The van der Waals surface area contributed by atoms with Crippen LogP contribution in [0.3, 0.4) is 0 Å². The van der Waals surface area contributed by atoms with Crippen LogP contribution < -0.4 is 0 Å². The summed E-state index contributed by atoms with van der Waals surface area (Å²) in [7, 11) is 0. The second-order valence-electron chi connectivity index (χ2n) is 18.9. The number of esters is 3. The number of hydrogen-bond donors (Lipinski definition) is 0. The first kappa shape index (κ1) is 60.2. The van der Waals surface area contributed by atoms with Crippen LogP contribution in [0.15, 0.2) is 12.2 Å². The average Bonchev–Trinajstić information content (AvgIpc) is 3.27. The molecule has 0 saturated heterocycles. The summed E-state index contributed by atoms with van der Waals surface area (Å²) in [5, 5.41) is 0. The molecular formula is C56H106O6. The van der Waals surface area contributed by atoms with Crippen molar-refractivity contribution in [3.63, 3.8) is 0 Å². The van der Waals surface area contributed by atoms with Gasteiger partial charge in [0.05, 0.1) is 0 Å². The summed E-state index contributed by atoms with van der Waals surface area (Å²) in [5.41, 5.74) is 0. The van der Waals surface area contributed by atoms with Crippen LogP contribution in [0.25, 0.3) is 0 Å². The van der Waals surface area contributed by atoms with Gasteiger partial charge in [-0.1, -0.05) is 258 Å². The monoisotopic (exact) mass is 875 g/mol. The minimum absolute atomic E-state index is 0.0670. The molecule has 0 radical (unpaired) electrons. The van der Waals surface area contributed by atoms with Gasteiger partial charge in [0, 0.05) is 19.3 Å². The van der Waals surface area contributed by atoms with Crippen molar-refractivity contribution in [2.45, 2.75) is 316 Å². The first-order valence-corrected chi connectivity index (χ1v) is 27.7. The molecule has 0 aromatic rings. The Labute approximate surface area is 386 Å². The first-order chi connectivity index (χ1) is 30.5. The van der Waals surface area contributed by atoms with Crippen molar-refractivity contribution in [3.8, 4) is 0 Å². The zero-order valence-corrected chi connectivity index (χ0v) is 41.9. The third kappa shape index (κ3) is 49.2. The highest BCUT2D eigenvalue weighted by molar-refractivity contribution is 5.71. The van der Waals surface area contributed by atoms with Gasteiger partial charge in [0.15, 0.2) is 6.10 Å². The van der Waals surface area contributed by atoms with E-state index in [-0.39, 0.29) is 31.1 Å². The van der Waals surface area contributed by atoms with Crippen molar-refractivity contribution >= 4 is 17.9 Å². The topological polar surface area (TPSA) is 78.9 Å². The zero-order chi connectivity index (χ0) is 45.1. The minimum atomic E-state index is -0.766. The summed E-state index contributed by atoms with van der Waals surface area (Å²) in [5.74, 6) is -0.855. The van der Waals surface area contributed by atoms with Crippen LogP contribution in [-0.4, -0.2) is 37.2 Å². The second kappa shape index (κ2) is 51.8. The van der Waals surface area contributed by atoms with Crippen molar-refractivity contribution in [2.75, 3.05) is 13.2 Å². The normalized spacial score (nSPS) is 12.0. The van der Waals surface area contributed by atoms with E-state index in [1.54, 1.807) is 0 Å². The van der Waals surface area contributed by atoms with Crippen LogP contribution in [-0.2, 0) is 28.6 Å². The zero-order valence-electron chi connectivity index (χ0n) is 41.9. The summed E-state index contributed by atoms with van der Waals surface area (Å²) < 4.78 is 16.8. The lowest BCUT2D eigenvalue weighted by atomic mass is 10.0. The first-order valence-electron chi connectivity index (χ1n) is 27.7. The molecule has 1 unspecified atom stereocenters. The van der Waals surface area contributed by atoms with Gasteiger partial charge in [-0.3, -0.25) is 14.4 Å². The van der Waals surface area contributed by atoms with Crippen molar-refractivity contribution in [2.24, 2.45) is 0 Å². The van der Waals surface area contributed by atoms with Crippen LogP contribution in [0.2, 0.25) is 0 Å². The smallest absolute Gasteiger partial charge is 0.306 e. The highest BCUT2D eigenvalue weighted by Gasteiger charge is 2.19. The van der Waals surface area contributed by atoms with E-state index in [4.69, 9.17) is 14.2 Å². The van der Waals surface area contributed by atoms with E-state index in [0.29, 0.717) is 19.3 Å². The van der Waals surface area contributed by atoms with Gasteiger partial charge >= 0.3 is 17.9 Å². The number of allylic oxidation sites excluding steroid dienone is 2. The van der Waals surface area contributed by atoms with E-state index >= 15 is 0 Å². The second-order valence-corrected chi connectivity index (χ2v) is 18.9. The molecular weight excluding hydrogens is 769 g/mol. The Balaban J connectivity index is 4.30. The fraction of sp³-hybridized carbons (Fsp3) is 0.911. The number of rotatable bonds is 51. The van der Waals surface area contributed by atoms with Crippen LogP contribution in [0.4, 0.5) is 0 Å². The van der Waals surface area contributed by atoms with Crippen LogP contribution >= 0.6 is 0 Å². The van der Waals surface area contributed by atoms with Crippen molar-refractivity contribution in [1.29, 1.82) is 0 Å². The lowest BCUT2D eigenvalue weighted by Crippen LogP contribution is -2.30. The molecule has 0 heterocycles. The predicted octanol–water partition coefficient (Wildman–Crippen LogP) is 18.2. The summed E-state index contributed by atoms with van der Waals surface area (Å²) in [4.78, 5) is 38.0. The molecule has 366 valence electrons. The number of ether oxygens (including phenoxy) is 3. The van der Waals surface area contributed by atoms with Gasteiger partial charge in [0.1, 0.15) is 13.2 Å².